The summed E-state index contributed by atoms with van der Waals surface area (Å²) in [6.07, 6.45) is 2.81. The summed E-state index contributed by atoms with van der Waals surface area (Å²) in [4.78, 5) is 4.25. The van der Waals surface area contributed by atoms with Crippen molar-refractivity contribution in [3.8, 4) is 5.75 Å². The monoisotopic (exact) mass is 286 g/mol. The zero-order valence-corrected chi connectivity index (χ0v) is 12.5. The molecule has 1 aromatic rings. The molecule has 1 aromatic heterocycles. The molecule has 5 nitrogen and oxygen atoms in total. The highest BCUT2D eigenvalue weighted by atomic mass is 32.2. The molecule has 0 unspecified atom stereocenters. The number of nitrogens with zero attached hydrogens (tertiary/aromatic N) is 1. The second-order valence-electron chi connectivity index (χ2n) is 4.99. The lowest BCUT2D eigenvalue weighted by molar-refractivity contribution is 0.339. The van der Waals surface area contributed by atoms with Crippen molar-refractivity contribution in [3.05, 3.63) is 24.0 Å². The highest BCUT2D eigenvalue weighted by Crippen LogP contribution is 2.09. The van der Waals surface area contributed by atoms with E-state index in [2.05, 4.69) is 24.1 Å². The summed E-state index contributed by atoms with van der Waals surface area (Å²) in [7, 11) is -2.98. The molecule has 0 aromatic carbocycles. The van der Waals surface area contributed by atoms with E-state index in [0.717, 1.165) is 18.8 Å². The van der Waals surface area contributed by atoms with Crippen molar-refractivity contribution in [2.75, 3.05) is 25.2 Å². The molecule has 0 radical (unpaired) electrons. The van der Waals surface area contributed by atoms with Crippen molar-refractivity contribution in [2.45, 2.75) is 20.4 Å². The summed E-state index contributed by atoms with van der Waals surface area (Å²) < 4.78 is 27.2. The van der Waals surface area contributed by atoms with E-state index < -0.39 is 9.84 Å². The molecule has 1 heterocycles. The van der Waals surface area contributed by atoms with Gasteiger partial charge in [-0.1, -0.05) is 13.8 Å². The normalized spacial score (nSPS) is 11.8. The number of sulfone groups is 1. The number of hydrogen-bond acceptors (Lipinski definition) is 5. The third kappa shape index (κ3) is 7.79. The van der Waals surface area contributed by atoms with Crippen LogP contribution in [0.2, 0.25) is 0 Å². The van der Waals surface area contributed by atoms with Crippen LogP contribution in [0.1, 0.15) is 19.5 Å². The Labute approximate surface area is 115 Å². The zero-order valence-electron chi connectivity index (χ0n) is 11.7. The Morgan fingerprint density at radius 1 is 1.37 bits per heavy atom. The Kier molecular flexibility index (Phi) is 6.24. The topological polar surface area (TPSA) is 68.3 Å². The predicted molar refractivity (Wildman–Crippen MR) is 76.0 cm³/mol. The number of nitrogens with one attached hydrogen (secondary N) is 1. The van der Waals surface area contributed by atoms with Gasteiger partial charge in [0.15, 0.2) is 9.84 Å². The SMILES string of the molecule is CC(C)CNCc1ccc(OCCS(C)(=O)=O)cn1. The van der Waals surface area contributed by atoms with Gasteiger partial charge in [0.2, 0.25) is 0 Å². The molecule has 0 aliphatic heterocycles. The van der Waals surface area contributed by atoms with Gasteiger partial charge in [-0.2, -0.15) is 0 Å². The van der Waals surface area contributed by atoms with Crippen molar-refractivity contribution < 1.29 is 13.2 Å². The lowest BCUT2D eigenvalue weighted by Gasteiger charge is -2.08. The lowest BCUT2D eigenvalue weighted by atomic mass is 10.2. The van der Waals surface area contributed by atoms with Crippen LogP contribution < -0.4 is 10.1 Å². The molecule has 19 heavy (non-hydrogen) atoms. The first-order valence-electron chi connectivity index (χ1n) is 6.33. The van der Waals surface area contributed by atoms with Crippen LogP contribution in [0.4, 0.5) is 0 Å². The van der Waals surface area contributed by atoms with E-state index in [-0.39, 0.29) is 12.4 Å². The van der Waals surface area contributed by atoms with E-state index in [4.69, 9.17) is 4.74 Å². The van der Waals surface area contributed by atoms with Crippen LogP contribution in [0.5, 0.6) is 5.75 Å². The first-order valence-corrected chi connectivity index (χ1v) is 8.39. The summed E-state index contributed by atoms with van der Waals surface area (Å²) in [6.45, 7) is 6.14. The molecule has 0 aliphatic carbocycles. The fourth-order valence-electron chi connectivity index (χ4n) is 1.40. The van der Waals surface area contributed by atoms with Gasteiger partial charge in [0.05, 0.1) is 17.6 Å². The fraction of sp³-hybridized carbons (Fsp3) is 0.615. The standard InChI is InChI=1S/C13H22N2O3S/c1-11(2)8-14-9-12-4-5-13(10-15-12)18-6-7-19(3,16)17/h4-5,10-11,14H,6-9H2,1-3H3. The predicted octanol–water partition coefficient (Wildman–Crippen LogP) is 1.25. The summed E-state index contributed by atoms with van der Waals surface area (Å²) in [5, 5.41) is 3.30. The van der Waals surface area contributed by atoms with Crippen LogP contribution >= 0.6 is 0 Å². The van der Waals surface area contributed by atoms with Crippen LogP contribution in [-0.2, 0) is 16.4 Å². The second kappa shape index (κ2) is 7.45. The lowest BCUT2D eigenvalue weighted by Crippen LogP contribution is -2.19. The van der Waals surface area contributed by atoms with E-state index in [9.17, 15) is 8.42 Å². The van der Waals surface area contributed by atoms with E-state index in [1.165, 1.54) is 6.26 Å². The molecule has 0 saturated heterocycles. The molecule has 0 fully saturated rings. The smallest absolute Gasteiger partial charge is 0.150 e. The van der Waals surface area contributed by atoms with Crippen LogP contribution in [0.25, 0.3) is 0 Å². The fourth-order valence-corrected chi connectivity index (χ4v) is 1.79. The highest BCUT2D eigenvalue weighted by molar-refractivity contribution is 7.90. The molecule has 0 spiro atoms. The van der Waals surface area contributed by atoms with Gasteiger partial charge in [0, 0.05) is 12.8 Å². The van der Waals surface area contributed by atoms with Crippen LogP contribution in [0.15, 0.2) is 18.3 Å². The quantitative estimate of drug-likeness (QED) is 0.779. The Morgan fingerprint density at radius 3 is 2.63 bits per heavy atom. The second-order valence-corrected chi connectivity index (χ2v) is 7.25. The largest absolute Gasteiger partial charge is 0.491 e. The molecule has 1 N–H and O–H groups in total. The summed E-state index contributed by atoms with van der Waals surface area (Å²) in [5.41, 5.74) is 0.941. The molecule has 108 valence electrons. The third-order valence-electron chi connectivity index (χ3n) is 2.38. The maximum absolute atomic E-state index is 10.9. The number of ether oxygens (including phenoxy) is 1. The van der Waals surface area contributed by atoms with Crippen LogP contribution in [0, 0.1) is 5.92 Å². The number of rotatable bonds is 8. The van der Waals surface area contributed by atoms with Gasteiger partial charge < -0.3 is 10.1 Å². The van der Waals surface area contributed by atoms with Gasteiger partial charge >= 0.3 is 0 Å². The molecule has 0 atom stereocenters. The van der Waals surface area contributed by atoms with E-state index in [1.807, 2.05) is 12.1 Å². The Morgan fingerprint density at radius 2 is 2.11 bits per heavy atom. The van der Waals surface area contributed by atoms with Crippen molar-refractivity contribution in [1.29, 1.82) is 0 Å². The van der Waals surface area contributed by atoms with Gasteiger partial charge in [-0.15, -0.1) is 0 Å². The third-order valence-corrected chi connectivity index (χ3v) is 3.29. The average Bonchev–Trinajstić information content (AvgIpc) is 2.29. The number of pyridine rings is 1. The van der Waals surface area contributed by atoms with Gasteiger partial charge in [0.1, 0.15) is 12.4 Å². The van der Waals surface area contributed by atoms with Crippen LogP contribution in [-0.4, -0.2) is 38.6 Å². The molecule has 0 aliphatic rings. The maximum Gasteiger partial charge on any atom is 0.150 e. The molecular weight excluding hydrogens is 264 g/mol. The van der Waals surface area contributed by atoms with Crippen LogP contribution in [0.3, 0.4) is 0 Å². The minimum Gasteiger partial charge on any atom is -0.491 e. The Balaban J connectivity index is 2.35. The summed E-state index contributed by atoms with van der Waals surface area (Å²) >= 11 is 0. The molecular formula is C13H22N2O3S. The molecule has 0 amide bonds. The van der Waals surface area contributed by atoms with Gasteiger partial charge in [-0.05, 0) is 24.6 Å². The van der Waals surface area contributed by atoms with Crippen molar-refractivity contribution in [3.63, 3.8) is 0 Å². The molecule has 0 saturated carbocycles. The average molecular weight is 286 g/mol. The summed E-state index contributed by atoms with van der Waals surface area (Å²) in [5.74, 6) is 1.22. The molecule has 0 bridgehead atoms. The Hall–Kier alpha value is -1.14. The highest BCUT2D eigenvalue weighted by Gasteiger charge is 2.03. The zero-order chi connectivity index (χ0) is 14.3. The first-order chi connectivity index (χ1) is 8.87. The van der Waals surface area contributed by atoms with Crippen molar-refractivity contribution in [1.82, 2.24) is 10.3 Å². The van der Waals surface area contributed by atoms with Gasteiger partial charge in [-0.25, -0.2) is 8.42 Å². The first kappa shape index (κ1) is 15.9. The Bertz CT molecular complexity index is 469. The minimum atomic E-state index is -2.98. The maximum atomic E-state index is 10.9. The van der Waals surface area contributed by atoms with E-state index in [1.54, 1.807) is 6.20 Å². The van der Waals surface area contributed by atoms with E-state index in [0.29, 0.717) is 11.7 Å². The van der Waals surface area contributed by atoms with Crippen molar-refractivity contribution >= 4 is 9.84 Å². The number of hydrogen-bond donors (Lipinski definition) is 1. The molecule has 1 rings (SSSR count). The van der Waals surface area contributed by atoms with E-state index >= 15 is 0 Å². The number of aromatic nitrogens is 1. The van der Waals surface area contributed by atoms with Crippen molar-refractivity contribution in [2.24, 2.45) is 5.92 Å². The molecule has 6 heteroatoms. The van der Waals surface area contributed by atoms with Gasteiger partial charge in [0.25, 0.3) is 0 Å². The van der Waals surface area contributed by atoms with Gasteiger partial charge in [-0.3, -0.25) is 4.98 Å². The summed E-state index contributed by atoms with van der Waals surface area (Å²) in [6, 6.07) is 3.69. The minimum absolute atomic E-state index is 0.0185.